The lowest BCUT2D eigenvalue weighted by Crippen LogP contribution is -2.00. The molecule has 2 nitrogen and oxygen atoms in total. The summed E-state index contributed by atoms with van der Waals surface area (Å²) < 4.78 is 18.7. The van der Waals surface area contributed by atoms with Crippen molar-refractivity contribution in [3.63, 3.8) is 0 Å². The van der Waals surface area contributed by atoms with Crippen LogP contribution in [-0.2, 0) is 6.42 Å². The van der Waals surface area contributed by atoms with E-state index in [1.165, 1.54) is 6.07 Å². The molecule has 1 aromatic carbocycles. The molecule has 0 unspecified atom stereocenters. The van der Waals surface area contributed by atoms with Gasteiger partial charge in [-0.05, 0) is 30.5 Å². The summed E-state index contributed by atoms with van der Waals surface area (Å²) in [6.45, 7) is 2.73. The molecule has 0 spiro atoms. The van der Waals surface area contributed by atoms with Gasteiger partial charge in [0.1, 0.15) is 0 Å². The van der Waals surface area contributed by atoms with Gasteiger partial charge in [-0.3, -0.25) is 0 Å². The quantitative estimate of drug-likeness (QED) is 0.724. The van der Waals surface area contributed by atoms with E-state index in [2.05, 4.69) is 6.92 Å². The summed E-state index contributed by atoms with van der Waals surface area (Å²) in [5.41, 5.74) is 0.898. The first-order chi connectivity index (χ1) is 7.77. The molecule has 0 aliphatic heterocycles. The summed E-state index contributed by atoms with van der Waals surface area (Å²) in [6, 6.07) is 4.72. The monoisotopic (exact) mass is 226 g/mol. The van der Waals surface area contributed by atoms with Crippen LogP contribution in [0.15, 0.2) is 18.2 Å². The fourth-order valence-corrected chi connectivity index (χ4v) is 1.48. The van der Waals surface area contributed by atoms with Gasteiger partial charge < -0.3 is 9.84 Å². The van der Waals surface area contributed by atoms with Crippen LogP contribution in [0.2, 0.25) is 0 Å². The molecule has 16 heavy (non-hydrogen) atoms. The molecule has 0 saturated carbocycles. The van der Waals surface area contributed by atoms with E-state index in [0.29, 0.717) is 18.8 Å². The average Bonchev–Trinajstić information content (AvgIpc) is 2.29. The van der Waals surface area contributed by atoms with Gasteiger partial charge in [-0.1, -0.05) is 25.8 Å². The van der Waals surface area contributed by atoms with Gasteiger partial charge in [0.2, 0.25) is 0 Å². The van der Waals surface area contributed by atoms with Gasteiger partial charge in [0, 0.05) is 6.61 Å². The van der Waals surface area contributed by atoms with Crippen LogP contribution in [0.4, 0.5) is 4.39 Å². The van der Waals surface area contributed by atoms with Crippen LogP contribution in [0.3, 0.4) is 0 Å². The topological polar surface area (TPSA) is 29.5 Å². The van der Waals surface area contributed by atoms with Gasteiger partial charge in [-0.15, -0.1) is 0 Å². The molecule has 3 heteroatoms. The van der Waals surface area contributed by atoms with Gasteiger partial charge in [-0.25, -0.2) is 4.39 Å². The summed E-state index contributed by atoms with van der Waals surface area (Å²) in [4.78, 5) is 0. The van der Waals surface area contributed by atoms with Crippen molar-refractivity contribution in [3.05, 3.63) is 29.6 Å². The number of hydrogen-bond donors (Lipinski definition) is 1. The first-order valence-electron chi connectivity index (χ1n) is 5.80. The molecule has 0 aliphatic carbocycles. The third-order valence-corrected chi connectivity index (χ3v) is 2.40. The van der Waals surface area contributed by atoms with Crippen LogP contribution >= 0.6 is 0 Å². The van der Waals surface area contributed by atoms with Gasteiger partial charge >= 0.3 is 0 Å². The number of halogens is 1. The Morgan fingerprint density at radius 3 is 2.81 bits per heavy atom. The van der Waals surface area contributed by atoms with Gasteiger partial charge in [0.05, 0.1) is 6.61 Å². The van der Waals surface area contributed by atoms with Crippen molar-refractivity contribution in [2.45, 2.75) is 32.6 Å². The predicted molar refractivity (Wildman–Crippen MR) is 62.2 cm³/mol. The second kappa shape index (κ2) is 7.23. The van der Waals surface area contributed by atoms with Crippen LogP contribution in [0, 0.1) is 5.82 Å². The zero-order valence-corrected chi connectivity index (χ0v) is 9.71. The van der Waals surface area contributed by atoms with Crippen LogP contribution < -0.4 is 4.74 Å². The molecule has 1 rings (SSSR count). The average molecular weight is 226 g/mol. The zero-order valence-electron chi connectivity index (χ0n) is 9.71. The molecule has 0 fully saturated rings. The summed E-state index contributed by atoms with van der Waals surface area (Å²) in [5, 5.41) is 8.79. The molecule has 0 radical (unpaired) electrons. The lowest BCUT2D eigenvalue weighted by molar-refractivity contribution is 0.288. The predicted octanol–water partition coefficient (Wildman–Crippen LogP) is 2.93. The van der Waals surface area contributed by atoms with Crippen molar-refractivity contribution >= 4 is 0 Å². The van der Waals surface area contributed by atoms with Crippen molar-refractivity contribution in [2.75, 3.05) is 13.2 Å². The molecule has 0 saturated heterocycles. The fourth-order valence-electron chi connectivity index (χ4n) is 1.48. The standard InChI is InChI=1S/C13H19FO2/c1-2-3-4-9-16-13-10-11(7-8-15)5-6-12(13)14/h5-6,10,15H,2-4,7-9H2,1H3. The second-order valence-corrected chi connectivity index (χ2v) is 3.79. The zero-order chi connectivity index (χ0) is 11.8. The Morgan fingerprint density at radius 2 is 2.12 bits per heavy atom. The Bertz CT molecular complexity index is 313. The molecule has 0 atom stereocenters. The number of benzene rings is 1. The smallest absolute Gasteiger partial charge is 0.165 e. The maximum atomic E-state index is 13.3. The van der Waals surface area contributed by atoms with E-state index in [1.54, 1.807) is 12.1 Å². The summed E-state index contributed by atoms with van der Waals surface area (Å²) in [6.07, 6.45) is 3.69. The highest BCUT2D eigenvalue weighted by atomic mass is 19.1. The van der Waals surface area contributed by atoms with Crippen molar-refractivity contribution < 1.29 is 14.2 Å². The van der Waals surface area contributed by atoms with E-state index in [-0.39, 0.29) is 12.4 Å². The Labute approximate surface area is 96.1 Å². The minimum Gasteiger partial charge on any atom is -0.491 e. The van der Waals surface area contributed by atoms with Crippen LogP contribution in [0.5, 0.6) is 5.75 Å². The first kappa shape index (κ1) is 13.0. The Kier molecular flexibility index (Phi) is 5.86. The number of aliphatic hydroxyl groups excluding tert-OH is 1. The summed E-state index contributed by atoms with van der Waals surface area (Å²) >= 11 is 0. The van der Waals surface area contributed by atoms with Gasteiger partial charge in [-0.2, -0.15) is 0 Å². The minimum atomic E-state index is -0.335. The Balaban J connectivity index is 2.52. The van der Waals surface area contributed by atoms with Crippen molar-refractivity contribution in [1.82, 2.24) is 0 Å². The lowest BCUT2D eigenvalue weighted by Gasteiger charge is -2.08. The maximum Gasteiger partial charge on any atom is 0.165 e. The van der Waals surface area contributed by atoms with E-state index >= 15 is 0 Å². The maximum absolute atomic E-state index is 13.3. The van der Waals surface area contributed by atoms with Gasteiger partial charge in [0.15, 0.2) is 11.6 Å². The number of rotatable bonds is 7. The summed E-state index contributed by atoms with van der Waals surface area (Å²) in [5.74, 6) is -0.0414. The fraction of sp³-hybridized carbons (Fsp3) is 0.538. The minimum absolute atomic E-state index is 0.0703. The molecular formula is C13H19FO2. The van der Waals surface area contributed by atoms with E-state index in [9.17, 15) is 4.39 Å². The molecule has 1 N–H and O–H groups in total. The number of ether oxygens (including phenoxy) is 1. The molecule has 0 bridgehead atoms. The third-order valence-electron chi connectivity index (χ3n) is 2.40. The van der Waals surface area contributed by atoms with Crippen LogP contribution in [0.1, 0.15) is 31.7 Å². The largest absolute Gasteiger partial charge is 0.491 e. The molecule has 90 valence electrons. The van der Waals surface area contributed by atoms with Crippen molar-refractivity contribution in [1.29, 1.82) is 0 Å². The summed E-state index contributed by atoms with van der Waals surface area (Å²) in [7, 11) is 0. The SMILES string of the molecule is CCCCCOc1cc(CCO)ccc1F. The molecule has 0 heterocycles. The van der Waals surface area contributed by atoms with Crippen LogP contribution in [0.25, 0.3) is 0 Å². The van der Waals surface area contributed by atoms with E-state index in [1.807, 2.05) is 0 Å². The second-order valence-electron chi connectivity index (χ2n) is 3.79. The molecule has 1 aromatic rings. The highest BCUT2D eigenvalue weighted by Crippen LogP contribution is 2.19. The Hall–Kier alpha value is -1.09. The van der Waals surface area contributed by atoms with Gasteiger partial charge in [0.25, 0.3) is 0 Å². The van der Waals surface area contributed by atoms with E-state index in [4.69, 9.17) is 9.84 Å². The van der Waals surface area contributed by atoms with E-state index in [0.717, 1.165) is 24.8 Å². The normalized spacial score (nSPS) is 10.4. The van der Waals surface area contributed by atoms with E-state index < -0.39 is 0 Å². The number of aliphatic hydroxyl groups is 1. The first-order valence-corrected chi connectivity index (χ1v) is 5.80. The Morgan fingerprint density at radius 1 is 1.31 bits per heavy atom. The number of hydrogen-bond acceptors (Lipinski definition) is 2. The van der Waals surface area contributed by atoms with Crippen LogP contribution in [-0.4, -0.2) is 18.3 Å². The molecule has 0 aromatic heterocycles. The molecule has 0 amide bonds. The lowest BCUT2D eigenvalue weighted by atomic mass is 10.1. The van der Waals surface area contributed by atoms with Crippen molar-refractivity contribution in [3.8, 4) is 5.75 Å². The van der Waals surface area contributed by atoms with Crippen molar-refractivity contribution in [2.24, 2.45) is 0 Å². The number of unbranched alkanes of at least 4 members (excludes halogenated alkanes) is 2. The highest BCUT2D eigenvalue weighted by molar-refractivity contribution is 5.30. The third kappa shape index (κ3) is 4.19. The molecular weight excluding hydrogens is 207 g/mol. The highest BCUT2D eigenvalue weighted by Gasteiger charge is 2.04. The molecule has 0 aliphatic rings.